The van der Waals surface area contributed by atoms with Crippen LogP contribution in [-0.4, -0.2) is 10.9 Å². The fourth-order valence-corrected chi connectivity index (χ4v) is 1.91. The molecule has 0 saturated heterocycles. The zero-order valence-electron chi connectivity index (χ0n) is 10.7. The van der Waals surface area contributed by atoms with E-state index in [1.807, 2.05) is 13.8 Å². The van der Waals surface area contributed by atoms with Crippen molar-refractivity contribution >= 4 is 23.2 Å². The van der Waals surface area contributed by atoms with E-state index in [9.17, 15) is 4.79 Å². The molecule has 1 aromatic carbocycles. The summed E-state index contributed by atoms with van der Waals surface area (Å²) in [5.41, 5.74) is 7.15. The van der Waals surface area contributed by atoms with Crippen molar-refractivity contribution < 1.29 is 9.21 Å². The van der Waals surface area contributed by atoms with Gasteiger partial charge in [-0.15, -0.1) is 0 Å². The summed E-state index contributed by atoms with van der Waals surface area (Å²) >= 11 is 5.96. The number of benzene rings is 1. The SMILES string of the molecule is Cc1nc(CNC(=O)c2c(N)cccc2Cl)oc1C. The summed E-state index contributed by atoms with van der Waals surface area (Å²) in [6, 6.07) is 4.93. The zero-order valence-corrected chi connectivity index (χ0v) is 11.4. The number of rotatable bonds is 3. The molecule has 100 valence electrons. The Hall–Kier alpha value is -2.01. The van der Waals surface area contributed by atoms with E-state index < -0.39 is 0 Å². The van der Waals surface area contributed by atoms with Gasteiger partial charge >= 0.3 is 0 Å². The average Bonchev–Trinajstić information content (AvgIpc) is 2.66. The van der Waals surface area contributed by atoms with E-state index in [1.54, 1.807) is 18.2 Å². The minimum atomic E-state index is -0.350. The summed E-state index contributed by atoms with van der Waals surface area (Å²) in [5.74, 6) is 0.840. The molecule has 0 atom stereocenters. The van der Waals surface area contributed by atoms with Gasteiger partial charge in [0.1, 0.15) is 5.76 Å². The average molecular weight is 280 g/mol. The van der Waals surface area contributed by atoms with Crippen molar-refractivity contribution in [3.63, 3.8) is 0 Å². The predicted octanol–water partition coefficient (Wildman–Crippen LogP) is 2.46. The van der Waals surface area contributed by atoms with Crippen LogP contribution in [0.15, 0.2) is 22.6 Å². The molecule has 0 unspecified atom stereocenters. The Morgan fingerprint density at radius 2 is 2.21 bits per heavy atom. The first-order valence-corrected chi connectivity index (χ1v) is 6.12. The Labute approximate surface area is 115 Å². The zero-order chi connectivity index (χ0) is 14.0. The fourth-order valence-electron chi connectivity index (χ4n) is 1.64. The number of amides is 1. The molecule has 2 rings (SSSR count). The maximum Gasteiger partial charge on any atom is 0.255 e. The first kappa shape index (κ1) is 13.4. The number of aromatic nitrogens is 1. The molecular weight excluding hydrogens is 266 g/mol. The minimum Gasteiger partial charge on any atom is -0.444 e. The van der Waals surface area contributed by atoms with E-state index >= 15 is 0 Å². The topological polar surface area (TPSA) is 81.2 Å². The molecule has 2 aromatic rings. The summed E-state index contributed by atoms with van der Waals surface area (Å²) in [6.45, 7) is 3.86. The van der Waals surface area contributed by atoms with E-state index in [1.165, 1.54) is 0 Å². The number of hydrogen-bond donors (Lipinski definition) is 2. The lowest BCUT2D eigenvalue weighted by Crippen LogP contribution is -2.24. The molecule has 19 heavy (non-hydrogen) atoms. The van der Waals surface area contributed by atoms with Crippen LogP contribution in [0.2, 0.25) is 5.02 Å². The second-order valence-electron chi connectivity index (χ2n) is 4.14. The van der Waals surface area contributed by atoms with Crippen LogP contribution < -0.4 is 11.1 Å². The van der Waals surface area contributed by atoms with Crippen LogP contribution in [0.3, 0.4) is 0 Å². The molecule has 0 radical (unpaired) electrons. The van der Waals surface area contributed by atoms with Crippen molar-refractivity contribution in [1.29, 1.82) is 0 Å². The van der Waals surface area contributed by atoms with Gasteiger partial charge in [-0.25, -0.2) is 4.98 Å². The van der Waals surface area contributed by atoms with Crippen LogP contribution in [0.1, 0.15) is 27.7 Å². The molecule has 0 bridgehead atoms. The van der Waals surface area contributed by atoms with Gasteiger partial charge in [-0.05, 0) is 26.0 Å². The Bertz CT molecular complexity index is 583. The number of anilines is 1. The van der Waals surface area contributed by atoms with Crippen LogP contribution in [0, 0.1) is 13.8 Å². The number of carbonyl (C=O) groups excluding carboxylic acids is 1. The third-order valence-corrected chi connectivity index (χ3v) is 3.06. The van der Waals surface area contributed by atoms with Gasteiger partial charge in [0.25, 0.3) is 5.91 Å². The van der Waals surface area contributed by atoms with Crippen LogP contribution in [0.5, 0.6) is 0 Å². The lowest BCUT2D eigenvalue weighted by Gasteiger charge is -2.07. The summed E-state index contributed by atoms with van der Waals surface area (Å²) in [5, 5.41) is 2.99. The Morgan fingerprint density at radius 3 is 2.79 bits per heavy atom. The molecule has 0 aliphatic carbocycles. The fraction of sp³-hybridized carbons (Fsp3) is 0.231. The van der Waals surface area contributed by atoms with Crippen molar-refractivity contribution in [3.05, 3.63) is 46.1 Å². The first-order chi connectivity index (χ1) is 8.99. The highest BCUT2D eigenvalue weighted by Crippen LogP contribution is 2.21. The predicted molar refractivity (Wildman–Crippen MR) is 73.0 cm³/mol. The van der Waals surface area contributed by atoms with Crippen molar-refractivity contribution in [2.45, 2.75) is 20.4 Å². The van der Waals surface area contributed by atoms with Gasteiger partial charge in [-0.1, -0.05) is 17.7 Å². The molecule has 1 heterocycles. The third kappa shape index (κ3) is 2.88. The maximum atomic E-state index is 12.0. The quantitative estimate of drug-likeness (QED) is 0.846. The smallest absolute Gasteiger partial charge is 0.255 e. The summed E-state index contributed by atoms with van der Waals surface area (Å²) in [7, 11) is 0. The van der Waals surface area contributed by atoms with Gasteiger partial charge in [-0.3, -0.25) is 4.79 Å². The van der Waals surface area contributed by atoms with Gasteiger partial charge in [0.05, 0.1) is 22.8 Å². The molecule has 6 heteroatoms. The van der Waals surface area contributed by atoms with Crippen molar-refractivity contribution in [2.75, 3.05) is 5.73 Å². The minimum absolute atomic E-state index is 0.193. The van der Waals surface area contributed by atoms with Gasteiger partial charge in [0, 0.05) is 5.69 Å². The van der Waals surface area contributed by atoms with Crippen molar-refractivity contribution in [3.8, 4) is 0 Å². The lowest BCUT2D eigenvalue weighted by atomic mass is 10.1. The van der Waals surface area contributed by atoms with Crippen LogP contribution >= 0.6 is 11.6 Å². The molecule has 0 spiro atoms. The van der Waals surface area contributed by atoms with Gasteiger partial charge in [0.2, 0.25) is 5.89 Å². The largest absolute Gasteiger partial charge is 0.444 e. The molecule has 1 amide bonds. The summed E-state index contributed by atoms with van der Waals surface area (Å²) < 4.78 is 5.37. The highest BCUT2D eigenvalue weighted by atomic mass is 35.5. The number of nitrogens with one attached hydrogen (secondary N) is 1. The van der Waals surface area contributed by atoms with E-state index in [2.05, 4.69) is 10.3 Å². The first-order valence-electron chi connectivity index (χ1n) is 5.74. The second kappa shape index (κ2) is 5.32. The normalized spacial score (nSPS) is 10.5. The van der Waals surface area contributed by atoms with E-state index in [0.717, 1.165) is 11.5 Å². The molecule has 0 saturated carbocycles. The highest BCUT2D eigenvalue weighted by molar-refractivity contribution is 6.34. The number of aryl methyl sites for hydroxylation is 2. The Morgan fingerprint density at radius 1 is 1.47 bits per heavy atom. The molecule has 0 fully saturated rings. The van der Waals surface area contributed by atoms with Crippen molar-refractivity contribution in [2.24, 2.45) is 0 Å². The monoisotopic (exact) mass is 279 g/mol. The van der Waals surface area contributed by atoms with Gasteiger partial charge in [0.15, 0.2) is 0 Å². The summed E-state index contributed by atoms with van der Waals surface area (Å²) in [6.07, 6.45) is 0. The molecular formula is C13H14ClN3O2. The van der Waals surface area contributed by atoms with E-state index in [-0.39, 0.29) is 18.0 Å². The Kier molecular flexibility index (Phi) is 3.76. The summed E-state index contributed by atoms with van der Waals surface area (Å²) in [4.78, 5) is 16.2. The number of nitrogen functional groups attached to an aromatic ring is 1. The number of nitrogens with two attached hydrogens (primary N) is 1. The molecule has 5 nitrogen and oxygen atoms in total. The van der Waals surface area contributed by atoms with Crippen LogP contribution in [0.25, 0.3) is 0 Å². The Balaban J connectivity index is 2.09. The van der Waals surface area contributed by atoms with E-state index in [0.29, 0.717) is 16.6 Å². The van der Waals surface area contributed by atoms with Crippen LogP contribution in [-0.2, 0) is 6.54 Å². The lowest BCUT2D eigenvalue weighted by molar-refractivity contribution is 0.0948. The van der Waals surface area contributed by atoms with Gasteiger partial charge in [-0.2, -0.15) is 0 Å². The molecule has 0 aliphatic heterocycles. The standard InChI is InChI=1S/C13H14ClN3O2/c1-7-8(2)19-11(17-7)6-16-13(18)12-9(14)4-3-5-10(12)15/h3-5H,6,15H2,1-2H3,(H,16,18). The number of hydrogen-bond acceptors (Lipinski definition) is 4. The highest BCUT2D eigenvalue weighted by Gasteiger charge is 2.14. The molecule has 0 aliphatic rings. The van der Waals surface area contributed by atoms with Crippen molar-refractivity contribution in [1.82, 2.24) is 10.3 Å². The number of halogens is 1. The molecule has 3 N–H and O–H groups in total. The maximum absolute atomic E-state index is 12.0. The van der Waals surface area contributed by atoms with E-state index in [4.69, 9.17) is 21.8 Å². The second-order valence-corrected chi connectivity index (χ2v) is 4.54. The third-order valence-electron chi connectivity index (χ3n) is 2.75. The van der Waals surface area contributed by atoms with Gasteiger partial charge < -0.3 is 15.5 Å². The number of carbonyl (C=O) groups is 1. The number of nitrogens with zero attached hydrogens (tertiary/aromatic N) is 1. The number of oxazole rings is 1. The van der Waals surface area contributed by atoms with Crippen LogP contribution in [0.4, 0.5) is 5.69 Å². The molecule has 1 aromatic heterocycles.